The summed E-state index contributed by atoms with van der Waals surface area (Å²) in [6.45, 7) is 7.99. The Morgan fingerprint density at radius 3 is 2.62 bits per heavy atom. The third kappa shape index (κ3) is 5.46. The Hall–Kier alpha value is -2.08. The van der Waals surface area contributed by atoms with Crippen LogP contribution in [0.3, 0.4) is 0 Å². The minimum atomic E-state index is -0.513. The lowest BCUT2D eigenvalue weighted by atomic mass is 9.91. The fourth-order valence-electron chi connectivity index (χ4n) is 2.46. The number of hydrogen-bond donors (Lipinski definition) is 1. The van der Waals surface area contributed by atoms with E-state index in [1.54, 1.807) is 0 Å². The van der Waals surface area contributed by atoms with E-state index in [2.05, 4.69) is 5.32 Å². The van der Waals surface area contributed by atoms with E-state index in [0.717, 1.165) is 6.42 Å². The highest BCUT2D eigenvalue weighted by atomic mass is 32.2. The second kappa shape index (κ2) is 8.54. The number of carbonyl (C=O) groups is 3. The molecule has 0 aromatic heterocycles. The molecule has 5 nitrogen and oxygen atoms in total. The number of benzene rings is 1. The van der Waals surface area contributed by atoms with Crippen molar-refractivity contribution in [2.75, 3.05) is 18.8 Å². The first-order valence-electron chi connectivity index (χ1n) is 8.69. The molecule has 0 radical (unpaired) electrons. The Balaban J connectivity index is 1.92. The van der Waals surface area contributed by atoms with E-state index in [1.807, 2.05) is 52.0 Å². The fourth-order valence-corrected chi connectivity index (χ4v) is 3.40. The van der Waals surface area contributed by atoms with Gasteiger partial charge in [-0.25, -0.2) is 0 Å². The van der Waals surface area contributed by atoms with E-state index in [1.165, 1.54) is 33.9 Å². The van der Waals surface area contributed by atoms with Gasteiger partial charge in [0, 0.05) is 18.0 Å². The number of thioether (sulfide) groups is 1. The summed E-state index contributed by atoms with van der Waals surface area (Å²) in [7, 11) is 0. The van der Waals surface area contributed by atoms with Crippen LogP contribution in [0.2, 0.25) is 0 Å². The molecule has 0 unspecified atom stereocenters. The number of ketones is 1. The van der Waals surface area contributed by atoms with Crippen LogP contribution < -0.4 is 5.32 Å². The van der Waals surface area contributed by atoms with Gasteiger partial charge in [0.25, 0.3) is 0 Å². The van der Waals surface area contributed by atoms with Gasteiger partial charge in [-0.2, -0.15) is 0 Å². The average Bonchev–Trinajstić information content (AvgIpc) is 2.89. The molecule has 1 saturated heterocycles. The number of nitrogens with zero attached hydrogens (tertiary/aromatic N) is 1. The zero-order valence-electron chi connectivity index (χ0n) is 15.8. The van der Waals surface area contributed by atoms with Gasteiger partial charge in [0.1, 0.15) is 6.54 Å². The molecule has 1 aliphatic rings. The fraction of sp³-hybridized carbons (Fsp3) is 0.450. The van der Waals surface area contributed by atoms with Crippen molar-refractivity contribution in [3.63, 3.8) is 0 Å². The van der Waals surface area contributed by atoms with Gasteiger partial charge in [0.05, 0.1) is 10.8 Å². The van der Waals surface area contributed by atoms with Crippen LogP contribution in [0.15, 0.2) is 35.4 Å². The predicted molar refractivity (Wildman–Crippen MR) is 105 cm³/mol. The molecule has 0 atom stereocenters. The van der Waals surface area contributed by atoms with Crippen molar-refractivity contribution >= 4 is 29.4 Å². The number of allylic oxidation sites excluding steroid dienone is 1. The summed E-state index contributed by atoms with van der Waals surface area (Å²) >= 11 is 1.30. The SMILES string of the molecule is Cc1ccccc1CCNC(=O)CN1C(=O)CS/C1=C\C(=O)C(C)(C)C. The first-order chi connectivity index (χ1) is 12.2. The highest BCUT2D eigenvalue weighted by Crippen LogP contribution is 2.30. The molecule has 2 rings (SSSR count). The molecule has 0 aliphatic carbocycles. The van der Waals surface area contributed by atoms with Crippen molar-refractivity contribution in [3.05, 3.63) is 46.5 Å². The lowest BCUT2D eigenvalue weighted by Gasteiger charge is -2.19. The molecule has 1 aromatic rings. The molecule has 26 heavy (non-hydrogen) atoms. The molecule has 6 heteroatoms. The monoisotopic (exact) mass is 374 g/mol. The van der Waals surface area contributed by atoms with Crippen molar-refractivity contribution in [3.8, 4) is 0 Å². The maximum absolute atomic E-state index is 12.2. The van der Waals surface area contributed by atoms with Crippen LogP contribution >= 0.6 is 11.8 Å². The van der Waals surface area contributed by atoms with Crippen LogP contribution in [0.4, 0.5) is 0 Å². The standard InChI is InChI=1S/C20H26N2O3S/c1-14-7-5-6-8-15(14)9-10-21-17(24)12-22-18(25)13-26-19(22)11-16(23)20(2,3)4/h5-8,11H,9-10,12-13H2,1-4H3,(H,21,24)/b19-11-. The number of rotatable bonds is 6. The molecular formula is C20H26N2O3S. The molecule has 2 amide bonds. The zero-order valence-corrected chi connectivity index (χ0v) is 16.6. The van der Waals surface area contributed by atoms with E-state index < -0.39 is 5.41 Å². The molecule has 1 aromatic carbocycles. The van der Waals surface area contributed by atoms with E-state index in [9.17, 15) is 14.4 Å². The van der Waals surface area contributed by atoms with Crippen LogP contribution in [-0.4, -0.2) is 41.3 Å². The number of carbonyl (C=O) groups excluding carboxylic acids is 3. The lowest BCUT2D eigenvalue weighted by molar-refractivity contribution is -0.131. The largest absolute Gasteiger partial charge is 0.354 e. The molecule has 1 fully saturated rings. The number of amides is 2. The van der Waals surface area contributed by atoms with Gasteiger partial charge in [0.2, 0.25) is 11.8 Å². The minimum absolute atomic E-state index is 0.0527. The van der Waals surface area contributed by atoms with Crippen LogP contribution in [0.5, 0.6) is 0 Å². The highest BCUT2D eigenvalue weighted by Gasteiger charge is 2.30. The third-order valence-electron chi connectivity index (χ3n) is 4.18. The first kappa shape index (κ1) is 20.2. The number of nitrogens with one attached hydrogen (secondary N) is 1. The van der Waals surface area contributed by atoms with Crippen molar-refractivity contribution in [2.24, 2.45) is 5.41 Å². The molecule has 1 aliphatic heterocycles. The maximum Gasteiger partial charge on any atom is 0.240 e. The Morgan fingerprint density at radius 1 is 1.27 bits per heavy atom. The Labute approximate surface area is 159 Å². The van der Waals surface area contributed by atoms with Gasteiger partial charge in [0.15, 0.2) is 5.78 Å². The number of aryl methyl sites for hydroxylation is 1. The molecule has 0 spiro atoms. The van der Waals surface area contributed by atoms with Gasteiger partial charge in [-0.1, -0.05) is 56.8 Å². The second-order valence-electron chi connectivity index (χ2n) is 7.39. The summed E-state index contributed by atoms with van der Waals surface area (Å²) in [5, 5.41) is 3.41. The molecule has 1 N–H and O–H groups in total. The van der Waals surface area contributed by atoms with Crippen LogP contribution in [0.25, 0.3) is 0 Å². The summed E-state index contributed by atoms with van der Waals surface area (Å²) in [6.07, 6.45) is 2.22. The van der Waals surface area contributed by atoms with Crippen molar-refractivity contribution in [2.45, 2.75) is 34.1 Å². The Kier molecular flexibility index (Phi) is 6.64. The lowest BCUT2D eigenvalue weighted by Crippen LogP contribution is -2.38. The summed E-state index contributed by atoms with van der Waals surface area (Å²) < 4.78 is 0. The van der Waals surface area contributed by atoms with Crippen molar-refractivity contribution in [1.29, 1.82) is 0 Å². The molecule has 0 bridgehead atoms. The van der Waals surface area contributed by atoms with E-state index >= 15 is 0 Å². The van der Waals surface area contributed by atoms with E-state index in [-0.39, 0.29) is 29.9 Å². The predicted octanol–water partition coefficient (Wildman–Crippen LogP) is 2.69. The Bertz CT molecular complexity index is 735. The molecule has 0 saturated carbocycles. The van der Waals surface area contributed by atoms with Crippen LogP contribution in [-0.2, 0) is 20.8 Å². The van der Waals surface area contributed by atoms with Crippen molar-refractivity contribution in [1.82, 2.24) is 10.2 Å². The summed E-state index contributed by atoms with van der Waals surface area (Å²) in [5.74, 6) is -0.153. The maximum atomic E-state index is 12.2. The quantitative estimate of drug-likeness (QED) is 0.778. The normalized spacial score (nSPS) is 16.2. The summed E-state index contributed by atoms with van der Waals surface area (Å²) in [6, 6.07) is 8.05. The van der Waals surface area contributed by atoms with Gasteiger partial charge < -0.3 is 5.32 Å². The topological polar surface area (TPSA) is 66.5 Å². The van der Waals surface area contributed by atoms with Gasteiger partial charge >= 0.3 is 0 Å². The van der Waals surface area contributed by atoms with Crippen molar-refractivity contribution < 1.29 is 14.4 Å². The first-order valence-corrected chi connectivity index (χ1v) is 9.67. The summed E-state index contributed by atoms with van der Waals surface area (Å²) in [5.41, 5.74) is 1.87. The average molecular weight is 375 g/mol. The van der Waals surface area contributed by atoms with Gasteiger partial charge in [-0.3, -0.25) is 19.3 Å². The third-order valence-corrected chi connectivity index (χ3v) is 5.21. The number of hydrogen-bond acceptors (Lipinski definition) is 4. The molecular weight excluding hydrogens is 348 g/mol. The zero-order chi connectivity index (χ0) is 19.3. The smallest absolute Gasteiger partial charge is 0.240 e. The van der Waals surface area contributed by atoms with Gasteiger partial charge in [-0.05, 0) is 24.5 Å². The Morgan fingerprint density at radius 2 is 1.96 bits per heavy atom. The van der Waals surface area contributed by atoms with Crippen LogP contribution in [0, 0.1) is 12.3 Å². The van der Waals surface area contributed by atoms with Gasteiger partial charge in [-0.15, -0.1) is 0 Å². The van der Waals surface area contributed by atoms with E-state index in [4.69, 9.17) is 0 Å². The summed E-state index contributed by atoms with van der Waals surface area (Å²) in [4.78, 5) is 37.9. The minimum Gasteiger partial charge on any atom is -0.354 e. The highest BCUT2D eigenvalue weighted by molar-refractivity contribution is 8.04. The second-order valence-corrected chi connectivity index (χ2v) is 8.39. The van der Waals surface area contributed by atoms with Crippen LogP contribution in [0.1, 0.15) is 31.9 Å². The van der Waals surface area contributed by atoms with E-state index in [0.29, 0.717) is 11.6 Å². The molecule has 1 heterocycles. The molecule has 140 valence electrons.